The summed E-state index contributed by atoms with van der Waals surface area (Å²) in [4.78, 5) is 17.0. The average molecular weight is 469 g/mol. The Morgan fingerprint density at radius 3 is 2.68 bits per heavy atom. The van der Waals surface area contributed by atoms with Crippen LogP contribution in [0.5, 0.6) is 0 Å². The van der Waals surface area contributed by atoms with Gasteiger partial charge in [-0.05, 0) is 60.5 Å². The van der Waals surface area contributed by atoms with E-state index in [1.807, 2.05) is 73.7 Å². The number of oxazole rings is 1. The monoisotopic (exact) mass is 468 g/mol. The molecule has 1 amide bonds. The number of rotatable bonds is 6. The highest BCUT2D eigenvalue weighted by Crippen LogP contribution is 2.27. The van der Waals surface area contributed by atoms with Crippen LogP contribution in [0.25, 0.3) is 28.5 Å². The van der Waals surface area contributed by atoms with Gasteiger partial charge < -0.3 is 14.2 Å². The Morgan fingerprint density at radius 1 is 1.00 bits per heavy atom. The van der Waals surface area contributed by atoms with Gasteiger partial charge in [0.1, 0.15) is 17.0 Å². The van der Waals surface area contributed by atoms with E-state index in [-0.39, 0.29) is 5.91 Å². The van der Waals surface area contributed by atoms with E-state index in [0.29, 0.717) is 45.6 Å². The van der Waals surface area contributed by atoms with Gasteiger partial charge in [0, 0.05) is 28.8 Å². The summed E-state index contributed by atoms with van der Waals surface area (Å²) in [6, 6.07) is 24.8. The van der Waals surface area contributed by atoms with Crippen molar-refractivity contribution in [2.75, 3.05) is 5.32 Å². The van der Waals surface area contributed by atoms with Crippen LogP contribution in [-0.2, 0) is 11.2 Å². The Morgan fingerprint density at radius 2 is 1.85 bits per heavy atom. The molecule has 0 fully saturated rings. The molecule has 0 saturated heterocycles. The maximum absolute atomic E-state index is 12.4. The van der Waals surface area contributed by atoms with Gasteiger partial charge in [0.2, 0.25) is 5.91 Å². The van der Waals surface area contributed by atoms with Crippen molar-refractivity contribution in [3.05, 3.63) is 113 Å². The molecule has 0 radical (unpaired) electrons. The van der Waals surface area contributed by atoms with Gasteiger partial charge in [-0.1, -0.05) is 54.1 Å². The molecule has 6 heteroatoms. The van der Waals surface area contributed by atoms with Gasteiger partial charge in [-0.3, -0.25) is 4.79 Å². The predicted octanol–water partition coefficient (Wildman–Crippen LogP) is 7.29. The minimum absolute atomic E-state index is 0.274. The molecular weight excluding hydrogens is 448 g/mol. The third kappa shape index (κ3) is 4.95. The molecule has 5 aromatic rings. The van der Waals surface area contributed by atoms with Gasteiger partial charge in [0.05, 0.1) is 0 Å². The largest absolute Gasteiger partial charge is 0.457 e. The lowest BCUT2D eigenvalue weighted by Crippen LogP contribution is -2.07. The molecule has 3 aromatic carbocycles. The first-order valence-corrected chi connectivity index (χ1v) is 11.2. The summed E-state index contributed by atoms with van der Waals surface area (Å²) in [5.41, 5.74) is 5.02. The van der Waals surface area contributed by atoms with Crippen LogP contribution in [0.15, 0.2) is 93.8 Å². The highest BCUT2D eigenvalue weighted by molar-refractivity contribution is 6.31. The van der Waals surface area contributed by atoms with E-state index in [9.17, 15) is 4.79 Å². The lowest BCUT2D eigenvalue weighted by atomic mass is 10.1. The van der Waals surface area contributed by atoms with Crippen molar-refractivity contribution >= 4 is 40.4 Å². The first kappa shape index (κ1) is 21.7. The first-order chi connectivity index (χ1) is 16.5. The SMILES string of the molecule is Cc1ccc(-c2ccc(/C=C/C(=O)Nc3ccc4oc(Cc5ccccc5)nc4c3)o2)cc1Cl. The van der Waals surface area contributed by atoms with Gasteiger partial charge >= 0.3 is 0 Å². The fourth-order valence-corrected chi connectivity index (χ4v) is 3.76. The van der Waals surface area contributed by atoms with Crippen LogP contribution >= 0.6 is 11.6 Å². The van der Waals surface area contributed by atoms with Crippen molar-refractivity contribution in [2.24, 2.45) is 0 Å². The second-order valence-electron chi connectivity index (χ2n) is 7.94. The Labute approximate surface area is 201 Å². The van der Waals surface area contributed by atoms with Crippen LogP contribution in [0.4, 0.5) is 5.69 Å². The molecule has 0 unspecified atom stereocenters. The fraction of sp³-hybridized carbons (Fsp3) is 0.0714. The molecular formula is C28H21ClN2O3. The zero-order chi connectivity index (χ0) is 23.5. The summed E-state index contributed by atoms with van der Waals surface area (Å²) in [6.45, 7) is 1.95. The summed E-state index contributed by atoms with van der Waals surface area (Å²) in [6.07, 6.45) is 3.67. The standard InChI is InChI=1S/C28H21ClN2O3/c1-18-7-8-20(16-23(18)29)25-13-10-22(33-25)11-14-27(32)30-21-9-12-26-24(17-21)31-28(34-26)15-19-5-3-2-4-6-19/h2-14,16-17H,15H2,1H3,(H,30,32)/b14-11+. The number of carbonyl (C=O) groups excluding carboxylic acids is 1. The van der Waals surface area contributed by atoms with Crippen molar-refractivity contribution < 1.29 is 13.6 Å². The normalized spacial score (nSPS) is 11.4. The van der Waals surface area contributed by atoms with E-state index in [1.54, 1.807) is 18.2 Å². The molecule has 0 atom stereocenters. The number of benzene rings is 3. The Hall–Kier alpha value is -4.09. The number of anilines is 1. The highest BCUT2D eigenvalue weighted by Gasteiger charge is 2.09. The molecule has 0 spiro atoms. The van der Waals surface area contributed by atoms with Crippen molar-refractivity contribution in [1.29, 1.82) is 0 Å². The van der Waals surface area contributed by atoms with E-state index in [2.05, 4.69) is 10.3 Å². The van der Waals surface area contributed by atoms with Crippen LogP contribution < -0.4 is 5.32 Å². The second-order valence-corrected chi connectivity index (χ2v) is 8.35. The number of carbonyl (C=O) groups is 1. The van der Waals surface area contributed by atoms with Gasteiger partial charge in [0.15, 0.2) is 11.5 Å². The molecule has 5 nitrogen and oxygen atoms in total. The number of hydrogen-bond donors (Lipinski definition) is 1. The minimum atomic E-state index is -0.274. The van der Waals surface area contributed by atoms with E-state index in [0.717, 1.165) is 16.7 Å². The van der Waals surface area contributed by atoms with Gasteiger partial charge in [-0.15, -0.1) is 0 Å². The summed E-state index contributed by atoms with van der Waals surface area (Å²) in [7, 11) is 0. The summed E-state index contributed by atoms with van der Waals surface area (Å²) >= 11 is 6.21. The Balaban J connectivity index is 1.24. The van der Waals surface area contributed by atoms with E-state index in [4.69, 9.17) is 20.4 Å². The molecule has 1 N–H and O–H groups in total. The summed E-state index contributed by atoms with van der Waals surface area (Å²) in [5.74, 6) is 1.61. The molecule has 0 bridgehead atoms. The average Bonchev–Trinajstić information content (AvgIpc) is 3.46. The topological polar surface area (TPSA) is 68.3 Å². The Kier molecular flexibility index (Phi) is 6.02. The van der Waals surface area contributed by atoms with Crippen LogP contribution in [-0.4, -0.2) is 10.9 Å². The van der Waals surface area contributed by atoms with E-state index < -0.39 is 0 Å². The van der Waals surface area contributed by atoms with Crippen molar-refractivity contribution in [2.45, 2.75) is 13.3 Å². The molecule has 0 aliphatic rings. The quantitative estimate of drug-likeness (QED) is 0.265. The number of furan rings is 1. The number of aryl methyl sites for hydroxylation is 1. The Bertz CT molecular complexity index is 1500. The molecule has 0 aliphatic heterocycles. The number of aromatic nitrogens is 1. The number of nitrogens with one attached hydrogen (secondary N) is 1. The van der Waals surface area contributed by atoms with Crippen LogP contribution in [0.2, 0.25) is 5.02 Å². The molecule has 0 aliphatic carbocycles. The highest BCUT2D eigenvalue weighted by atomic mass is 35.5. The lowest BCUT2D eigenvalue weighted by Gasteiger charge is -2.01. The third-order valence-electron chi connectivity index (χ3n) is 5.38. The number of nitrogens with zero attached hydrogens (tertiary/aromatic N) is 1. The third-order valence-corrected chi connectivity index (χ3v) is 5.79. The van der Waals surface area contributed by atoms with Crippen LogP contribution in [0, 0.1) is 6.92 Å². The molecule has 5 rings (SSSR count). The van der Waals surface area contributed by atoms with Crippen LogP contribution in [0.1, 0.15) is 22.8 Å². The predicted molar refractivity (Wildman–Crippen MR) is 135 cm³/mol. The van der Waals surface area contributed by atoms with Crippen LogP contribution in [0.3, 0.4) is 0 Å². The summed E-state index contributed by atoms with van der Waals surface area (Å²) < 4.78 is 11.7. The second kappa shape index (κ2) is 9.41. The van der Waals surface area contributed by atoms with Gasteiger partial charge in [0.25, 0.3) is 0 Å². The minimum Gasteiger partial charge on any atom is -0.457 e. The maximum atomic E-state index is 12.4. The zero-order valence-corrected chi connectivity index (χ0v) is 19.2. The zero-order valence-electron chi connectivity index (χ0n) is 18.4. The molecule has 168 valence electrons. The molecule has 2 heterocycles. The van der Waals surface area contributed by atoms with E-state index in [1.165, 1.54) is 6.08 Å². The first-order valence-electron chi connectivity index (χ1n) is 10.8. The number of halogens is 1. The maximum Gasteiger partial charge on any atom is 0.248 e. The van der Waals surface area contributed by atoms with Gasteiger partial charge in [-0.2, -0.15) is 0 Å². The number of fused-ring (bicyclic) bond motifs is 1. The lowest BCUT2D eigenvalue weighted by molar-refractivity contribution is -0.111. The van der Waals surface area contributed by atoms with E-state index >= 15 is 0 Å². The fourth-order valence-electron chi connectivity index (χ4n) is 3.58. The molecule has 0 saturated carbocycles. The van der Waals surface area contributed by atoms with Crippen molar-refractivity contribution in [3.63, 3.8) is 0 Å². The smallest absolute Gasteiger partial charge is 0.248 e. The molecule has 2 aromatic heterocycles. The van der Waals surface area contributed by atoms with Gasteiger partial charge in [-0.25, -0.2) is 4.98 Å². The summed E-state index contributed by atoms with van der Waals surface area (Å²) in [5, 5.41) is 3.53. The van der Waals surface area contributed by atoms with Crippen molar-refractivity contribution in [1.82, 2.24) is 4.98 Å². The number of amides is 1. The number of hydrogen-bond acceptors (Lipinski definition) is 4. The molecule has 34 heavy (non-hydrogen) atoms. The van der Waals surface area contributed by atoms with Crippen molar-refractivity contribution in [3.8, 4) is 11.3 Å².